The molecule has 1 heterocycles. The average Bonchev–Trinajstić information content (AvgIpc) is 2.37. The second kappa shape index (κ2) is 6.17. The normalized spacial score (nSPS) is 20.3. The molecule has 4 nitrogen and oxygen atoms in total. The number of hydrogen-bond acceptors (Lipinski definition) is 3. The van der Waals surface area contributed by atoms with Crippen molar-refractivity contribution >= 4 is 11.6 Å². The van der Waals surface area contributed by atoms with Crippen LogP contribution in [-0.2, 0) is 4.79 Å². The molecule has 1 aliphatic heterocycles. The Morgan fingerprint density at radius 2 is 2.26 bits per heavy atom. The molecule has 2 rings (SSSR count). The van der Waals surface area contributed by atoms with Crippen molar-refractivity contribution in [2.75, 3.05) is 31.5 Å². The molecule has 1 aromatic rings. The van der Waals surface area contributed by atoms with E-state index >= 15 is 0 Å². The summed E-state index contributed by atoms with van der Waals surface area (Å²) < 4.78 is 0. The van der Waals surface area contributed by atoms with Crippen molar-refractivity contribution in [2.24, 2.45) is 0 Å². The molecule has 1 unspecified atom stereocenters. The van der Waals surface area contributed by atoms with Crippen LogP contribution in [0.25, 0.3) is 0 Å². The molecule has 1 amide bonds. The van der Waals surface area contributed by atoms with E-state index in [0.29, 0.717) is 12.6 Å². The van der Waals surface area contributed by atoms with Gasteiger partial charge in [0.15, 0.2) is 0 Å². The van der Waals surface area contributed by atoms with Crippen LogP contribution in [0.2, 0.25) is 0 Å². The van der Waals surface area contributed by atoms with Crippen molar-refractivity contribution in [3.8, 4) is 0 Å². The van der Waals surface area contributed by atoms with E-state index in [9.17, 15) is 4.79 Å². The van der Waals surface area contributed by atoms with Crippen LogP contribution in [0.4, 0.5) is 5.69 Å². The number of benzene rings is 1. The molecular weight excluding hydrogens is 238 g/mol. The number of piperazine rings is 1. The number of rotatable bonds is 3. The smallest absolute Gasteiger partial charge is 0.238 e. The number of carbonyl (C=O) groups excluding carboxylic acids is 1. The lowest BCUT2D eigenvalue weighted by Gasteiger charge is -2.33. The predicted molar refractivity (Wildman–Crippen MR) is 78.5 cm³/mol. The van der Waals surface area contributed by atoms with Crippen LogP contribution in [0.15, 0.2) is 18.2 Å². The molecule has 1 aromatic carbocycles. The van der Waals surface area contributed by atoms with Gasteiger partial charge in [0.25, 0.3) is 0 Å². The first-order chi connectivity index (χ1) is 9.06. The van der Waals surface area contributed by atoms with E-state index in [0.717, 1.165) is 36.4 Å². The number of aryl methyl sites for hydroxylation is 2. The Bertz CT molecular complexity index is 459. The fraction of sp³-hybridized carbons (Fsp3) is 0.533. The summed E-state index contributed by atoms with van der Waals surface area (Å²) >= 11 is 0. The van der Waals surface area contributed by atoms with Crippen LogP contribution in [0, 0.1) is 13.8 Å². The molecule has 2 N–H and O–H groups in total. The van der Waals surface area contributed by atoms with Gasteiger partial charge in [-0.25, -0.2) is 0 Å². The topological polar surface area (TPSA) is 44.4 Å². The van der Waals surface area contributed by atoms with Gasteiger partial charge in [-0.1, -0.05) is 12.1 Å². The predicted octanol–water partition coefficient (Wildman–Crippen LogP) is 1.54. The third kappa shape index (κ3) is 3.78. The molecule has 19 heavy (non-hydrogen) atoms. The van der Waals surface area contributed by atoms with E-state index in [-0.39, 0.29) is 5.91 Å². The van der Waals surface area contributed by atoms with Gasteiger partial charge in [0.2, 0.25) is 5.91 Å². The Morgan fingerprint density at radius 1 is 1.47 bits per heavy atom. The fourth-order valence-electron chi connectivity index (χ4n) is 2.36. The van der Waals surface area contributed by atoms with E-state index in [1.807, 2.05) is 26.0 Å². The summed E-state index contributed by atoms with van der Waals surface area (Å²) in [6.45, 7) is 9.52. The summed E-state index contributed by atoms with van der Waals surface area (Å²) in [6.07, 6.45) is 0. The monoisotopic (exact) mass is 261 g/mol. The number of nitrogens with one attached hydrogen (secondary N) is 2. The lowest BCUT2D eigenvalue weighted by molar-refractivity contribution is -0.118. The quantitative estimate of drug-likeness (QED) is 0.867. The van der Waals surface area contributed by atoms with Gasteiger partial charge >= 0.3 is 0 Å². The minimum atomic E-state index is 0.0717. The van der Waals surface area contributed by atoms with Crippen LogP contribution in [0.5, 0.6) is 0 Å². The number of amides is 1. The maximum Gasteiger partial charge on any atom is 0.238 e. The summed E-state index contributed by atoms with van der Waals surface area (Å²) in [5.41, 5.74) is 3.19. The van der Waals surface area contributed by atoms with Gasteiger partial charge in [-0.3, -0.25) is 9.69 Å². The average molecular weight is 261 g/mol. The number of carbonyl (C=O) groups is 1. The molecule has 0 bridgehead atoms. The Balaban J connectivity index is 1.95. The second-order valence-electron chi connectivity index (χ2n) is 5.39. The molecule has 0 aliphatic carbocycles. The lowest BCUT2D eigenvalue weighted by Crippen LogP contribution is -2.52. The third-order valence-corrected chi connectivity index (χ3v) is 3.65. The molecule has 1 aliphatic rings. The van der Waals surface area contributed by atoms with Gasteiger partial charge in [-0.2, -0.15) is 0 Å². The minimum Gasteiger partial charge on any atom is -0.325 e. The SMILES string of the molecule is Cc1ccc(C)c(NC(=O)CN2CCNCC2C)c1. The number of hydrogen-bond donors (Lipinski definition) is 2. The zero-order chi connectivity index (χ0) is 13.8. The fourth-order valence-corrected chi connectivity index (χ4v) is 2.36. The third-order valence-electron chi connectivity index (χ3n) is 3.65. The molecule has 104 valence electrons. The van der Waals surface area contributed by atoms with E-state index in [1.165, 1.54) is 0 Å². The number of nitrogens with zero attached hydrogens (tertiary/aromatic N) is 1. The minimum absolute atomic E-state index is 0.0717. The Labute approximate surface area is 115 Å². The largest absolute Gasteiger partial charge is 0.325 e. The van der Waals surface area contributed by atoms with Crippen LogP contribution >= 0.6 is 0 Å². The zero-order valence-corrected chi connectivity index (χ0v) is 12.0. The molecule has 1 atom stereocenters. The second-order valence-corrected chi connectivity index (χ2v) is 5.39. The first-order valence-electron chi connectivity index (χ1n) is 6.88. The van der Waals surface area contributed by atoms with Gasteiger partial charge in [0.1, 0.15) is 0 Å². The standard InChI is InChI=1S/C15H23N3O/c1-11-4-5-12(2)14(8-11)17-15(19)10-18-7-6-16-9-13(18)3/h4-5,8,13,16H,6-7,9-10H2,1-3H3,(H,17,19). The van der Waals surface area contributed by atoms with E-state index in [1.54, 1.807) is 0 Å². The Hall–Kier alpha value is -1.39. The van der Waals surface area contributed by atoms with Gasteiger partial charge in [-0.05, 0) is 38.0 Å². The summed E-state index contributed by atoms with van der Waals surface area (Å²) in [7, 11) is 0. The van der Waals surface area contributed by atoms with Crippen molar-refractivity contribution in [3.05, 3.63) is 29.3 Å². The van der Waals surface area contributed by atoms with Crippen molar-refractivity contribution < 1.29 is 4.79 Å². The molecule has 4 heteroatoms. The highest BCUT2D eigenvalue weighted by Gasteiger charge is 2.20. The van der Waals surface area contributed by atoms with Crippen LogP contribution in [0.3, 0.4) is 0 Å². The summed E-state index contributed by atoms with van der Waals surface area (Å²) in [5.74, 6) is 0.0717. The lowest BCUT2D eigenvalue weighted by atomic mass is 10.1. The van der Waals surface area contributed by atoms with E-state index in [4.69, 9.17) is 0 Å². The van der Waals surface area contributed by atoms with Crippen LogP contribution < -0.4 is 10.6 Å². The zero-order valence-electron chi connectivity index (χ0n) is 12.0. The van der Waals surface area contributed by atoms with E-state index < -0.39 is 0 Å². The Kier molecular flexibility index (Phi) is 4.56. The number of anilines is 1. The van der Waals surface area contributed by atoms with Crippen molar-refractivity contribution in [1.82, 2.24) is 10.2 Å². The molecule has 0 radical (unpaired) electrons. The van der Waals surface area contributed by atoms with Gasteiger partial charge in [0.05, 0.1) is 6.54 Å². The molecule has 1 fully saturated rings. The van der Waals surface area contributed by atoms with Gasteiger partial charge < -0.3 is 10.6 Å². The highest BCUT2D eigenvalue weighted by Crippen LogP contribution is 2.16. The first-order valence-corrected chi connectivity index (χ1v) is 6.88. The van der Waals surface area contributed by atoms with Crippen molar-refractivity contribution in [3.63, 3.8) is 0 Å². The maximum absolute atomic E-state index is 12.1. The molecule has 0 spiro atoms. The first kappa shape index (κ1) is 14.0. The summed E-state index contributed by atoms with van der Waals surface area (Å²) in [5, 5.41) is 6.35. The van der Waals surface area contributed by atoms with E-state index in [2.05, 4.69) is 28.5 Å². The summed E-state index contributed by atoms with van der Waals surface area (Å²) in [4.78, 5) is 14.3. The maximum atomic E-state index is 12.1. The van der Waals surface area contributed by atoms with Crippen molar-refractivity contribution in [2.45, 2.75) is 26.8 Å². The van der Waals surface area contributed by atoms with Crippen LogP contribution in [0.1, 0.15) is 18.1 Å². The summed E-state index contributed by atoms with van der Waals surface area (Å²) in [6, 6.07) is 6.54. The molecule has 1 saturated heterocycles. The Morgan fingerprint density at radius 3 is 3.00 bits per heavy atom. The van der Waals surface area contributed by atoms with Gasteiger partial charge in [0, 0.05) is 31.4 Å². The molecular formula is C15H23N3O. The van der Waals surface area contributed by atoms with Crippen LogP contribution in [-0.4, -0.2) is 43.0 Å². The van der Waals surface area contributed by atoms with Gasteiger partial charge in [-0.15, -0.1) is 0 Å². The highest BCUT2D eigenvalue weighted by atomic mass is 16.2. The molecule has 0 saturated carbocycles. The highest BCUT2D eigenvalue weighted by molar-refractivity contribution is 5.93. The van der Waals surface area contributed by atoms with Crippen molar-refractivity contribution in [1.29, 1.82) is 0 Å². The molecule has 0 aromatic heterocycles.